The molecule has 6 heteroatoms. The number of carboxylic acid groups (broad SMARTS) is 1. The van der Waals surface area contributed by atoms with Gasteiger partial charge >= 0.3 is 5.97 Å². The molecule has 0 amide bonds. The Morgan fingerprint density at radius 3 is 3.17 bits per heavy atom. The third-order valence-electron chi connectivity index (χ3n) is 2.15. The molecule has 2 aliphatic rings. The molecule has 1 saturated heterocycles. The van der Waals surface area contributed by atoms with Crippen molar-refractivity contribution in [3.05, 3.63) is 0 Å². The van der Waals surface area contributed by atoms with Crippen LogP contribution in [0.4, 0.5) is 0 Å². The minimum atomic E-state index is -0.861. The van der Waals surface area contributed by atoms with Gasteiger partial charge in [-0.05, 0) is 0 Å². The minimum Gasteiger partial charge on any atom is -0.480 e. The van der Waals surface area contributed by atoms with Crippen LogP contribution in [0.2, 0.25) is 0 Å². The predicted molar refractivity (Wildman–Crippen MR) is 41.5 cm³/mol. The van der Waals surface area contributed by atoms with Gasteiger partial charge in [0, 0.05) is 6.42 Å². The summed E-state index contributed by atoms with van der Waals surface area (Å²) < 4.78 is 0. The van der Waals surface area contributed by atoms with E-state index in [2.05, 4.69) is 15.6 Å². The van der Waals surface area contributed by atoms with Crippen molar-refractivity contribution in [1.29, 1.82) is 0 Å². The summed E-state index contributed by atoms with van der Waals surface area (Å²) in [5.74, 6) is -0.535. The van der Waals surface area contributed by atoms with Gasteiger partial charge in [-0.1, -0.05) is 0 Å². The van der Waals surface area contributed by atoms with Gasteiger partial charge in [-0.3, -0.25) is 10.1 Å². The van der Waals surface area contributed by atoms with Crippen molar-refractivity contribution in [1.82, 2.24) is 10.6 Å². The minimum absolute atomic E-state index is 0.120. The van der Waals surface area contributed by atoms with Crippen molar-refractivity contribution in [2.45, 2.75) is 24.7 Å². The number of nitrogens with zero attached hydrogens (tertiary/aromatic N) is 1. The number of hydrogen-bond donors (Lipinski definition) is 4. The number of hydrogen-bond acceptors (Lipinski definition) is 5. The molecule has 3 atom stereocenters. The van der Waals surface area contributed by atoms with Gasteiger partial charge in [0.2, 0.25) is 0 Å². The number of rotatable bonds is 1. The fourth-order valence-corrected chi connectivity index (χ4v) is 1.64. The molecule has 12 heavy (non-hydrogen) atoms. The van der Waals surface area contributed by atoms with Gasteiger partial charge in [0.05, 0.1) is 6.04 Å². The topological polar surface area (TPSA) is 99.7 Å². The normalized spacial score (nSPS) is 38.7. The van der Waals surface area contributed by atoms with Crippen LogP contribution in [0, 0.1) is 0 Å². The molecule has 0 radical (unpaired) electrons. The smallest absolute Gasteiger partial charge is 0.322 e. The molecular weight excluding hydrogens is 160 g/mol. The number of aliphatic carboxylic acids is 1. The summed E-state index contributed by atoms with van der Waals surface area (Å²) in [6.07, 6.45) is 0.565. The maximum atomic E-state index is 10.7. The zero-order chi connectivity index (χ0) is 8.72. The van der Waals surface area contributed by atoms with Crippen LogP contribution in [0.1, 0.15) is 6.42 Å². The van der Waals surface area contributed by atoms with Crippen LogP contribution in [-0.2, 0) is 4.79 Å². The zero-order valence-electron chi connectivity index (χ0n) is 6.32. The van der Waals surface area contributed by atoms with Crippen LogP contribution in [0.3, 0.4) is 0 Å². The van der Waals surface area contributed by atoms with Crippen LogP contribution in [0.5, 0.6) is 0 Å². The number of carboxylic acids is 1. The second-order valence-electron chi connectivity index (χ2n) is 3.00. The lowest BCUT2D eigenvalue weighted by Crippen LogP contribution is -2.49. The van der Waals surface area contributed by atoms with E-state index in [0.29, 0.717) is 12.4 Å². The van der Waals surface area contributed by atoms with Crippen molar-refractivity contribution >= 4 is 11.9 Å². The molecule has 2 aliphatic heterocycles. The Morgan fingerprint density at radius 2 is 2.50 bits per heavy atom. The maximum Gasteiger partial charge on any atom is 0.322 e. The molecule has 0 aromatic rings. The summed E-state index contributed by atoms with van der Waals surface area (Å²) in [5, 5.41) is 14.4. The van der Waals surface area contributed by atoms with Gasteiger partial charge in [0.15, 0.2) is 5.96 Å². The number of nitrogens with one attached hydrogen (secondary N) is 2. The Hall–Kier alpha value is -1.30. The highest BCUT2D eigenvalue weighted by Gasteiger charge is 2.41. The summed E-state index contributed by atoms with van der Waals surface area (Å²) in [6.45, 7) is 0. The first-order chi connectivity index (χ1) is 5.66. The molecule has 0 spiro atoms. The van der Waals surface area contributed by atoms with E-state index in [1.807, 2.05) is 0 Å². The zero-order valence-corrected chi connectivity index (χ0v) is 6.32. The first-order valence-electron chi connectivity index (χ1n) is 3.75. The third kappa shape index (κ3) is 1.00. The molecular formula is C6H10N4O2. The second-order valence-corrected chi connectivity index (χ2v) is 3.00. The average molecular weight is 170 g/mol. The van der Waals surface area contributed by atoms with Crippen molar-refractivity contribution in [3.8, 4) is 0 Å². The first-order valence-corrected chi connectivity index (χ1v) is 3.75. The summed E-state index contributed by atoms with van der Waals surface area (Å²) in [4.78, 5) is 14.6. The lowest BCUT2D eigenvalue weighted by atomic mass is 10.1. The molecule has 0 aromatic heterocycles. The average Bonchev–Trinajstić information content (AvgIpc) is 2.26. The van der Waals surface area contributed by atoms with Gasteiger partial charge in [0.1, 0.15) is 12.2 Å². The Labute approximate surface area is 68.8 Å². The summed E-state index contributed by atoms with van der Waals surface area (Å²) >= 11 is 0. The summed E-state index contributed by atoms with van der Waals surface area (Å²) in [7, 11) is 0. The Bertz CT molecular complexity index is 252. The number of carbonyl (C=O) groups is 1. The largest absolute Gasteiger partial charge is 0.480 e. The highest BCUT2D eigenvalue weighted by atomic mass is 16.4. The first kappa shape index (κ1) is 7.35. The number of fused-ring (bicyclic) bond motifs is 2. The Kier molecular flexibility index (Phi) is 1.44. The van der Waals surface area contributed by atoms with Crippen molar-refractivity contribution in [2.75, 3.05) is 0 Å². The van der Waals surface area contributed by atoms with Gasteiger partial charge < -0.3 is 16.2 Å². The molecule has 0 aliphatic carbocycles. The van der Waals surface area contributed by atoms with E-state index in [-0.39, 0.29) is 12.2 Å². The van der Waals surface area contributed by atoms with E-state index < -0.39 is 12.0 Å². The van der Waals surface area contributed by atoms with Crippen molar-refractivity contribution in [2.24, 2.45) is 10.7 Å². The number of guanidine groups is 1. The SMILES string of the molecule is NC1=N[C@H]2C[C@@H](N1)C(C(=O)O)N2. The fourth-order valence-electron chi connectivity index (χ4n) is 1.64. The van der Waals surface area contributed by atoms with Crippen LogP contribution in [-0.4, -0.2) is 35.3 Å². The third-order valence-corrected chi connectivity index (χ3v) is 2.15. The maximum absolute atomic E-state index is 10.7. The monoisotopic (exact) mass is 170 g/mol. The molecule has 1 fully saturated rings. The van der Waals surface area contributed by atoms with Gasteiger partial charge in [-0.25, -0.2) is 4.99 Å². The molecule has 66 valence electrons. The van der Waals surface area contributed by atoms with E-state index in [9.17, 15) is 4.79 Å². The number of nitrogens with two attached hydrogens (primary N) is 1. The molecule has 2 rings (SSSR count). The Morgan fingerprint density at radius 1 is 1.75 bits per heavy atom. The highest BCUT2D eigenvalue weighted by Crippen LogP contribution is 2.17. The molecule has 1 unspecified atom stereocenters. The summed E-state index contributed by atoms with van der Waals surface area (Å²) in [5.41, 5.74) is 5.42. The fraction of sp³-hybridized carbons (Fsp3) is 0.667. The van der Waals surface area contributed by atoms with Crippen LogP contribution in [0.15, 0.2) is 4.99 Å². The van der Waals surface area contributed by atoms with Crippen LogP contribution >= 0.6 is 0 Å². The van der Waals surface area contributed by atoms with E-state index in [0.717, 1.165) is 0 Å². The Balaban J connectivity index is 2.16. The van der Waals surface area contributed by atoms with E-state index in [1.54, 1.807) is 0 Å². The van der Waals surface area contributed by atoms with Crippen LogP contribution in [0.25, 0.3) is 0 Å². The van der Waals surface area contributed by atoms with E-state index in [1.165, 1.54) is 0 Å². The van der Waals surface area contributed by atoms with E-state index in [4.69, 9.17) is 10.8 Å². The highest BCUT2D eigenvalue weighted by molar-refractivity contribution is 5.82. The predicted octanol–water partition coefficient (Wildman–Crippen LogP) is -1.95. The van der Waals surface area contributed by atoms with Gasteiger partial charge in [0.25, 0.3) is 0 Å². The second kappa shape index (κ2) is 2.34. The van der Waals surface area contributed by atoms with E-state index >= 15 is 0 Å². The van der Waals surface area contributed by atoms with Crippen LogP contribution < -0.4 is 16.4 Å². The lowest BCUT2D eigenvalue weighted by molar-refractivity contribution is -0.139. The summed E-state index contributed by atoms with van der Waals surface area (Å²) in [6, 6.07) is -0.690. The molecule has 2 heterocycles. The molecule has 6 nitrogen and oxygen atoms in total. The number of aliphatic imine (C=N–C) groups is 1. The lowest BCUT2D eigenvalue weighted by Gasteiger charge is -2.18. The molecule has 0 aromatic carbocycles. The quantitative estimate of drug-likeness (QED) is 0.366. The standard InChI is InChI=1S/C6H10N4O2/c7-6-8-2-1-3(10-6)9-4(2)5(11)12/h2-4,9H,1H2,(H,11,12)(H3,7,8,10)/t2-,3+,4?/m1/s1. The molecule has 2 bridgehead atoms. The van der Waals surface area contributed by atoms with Crippen molar-refractivity contribution in [3.63, 3.8) is 0 Å². The molecule has 5 N–H and O–H groups in total. The van der Waals surface area contributed by atoms with Gasteiger partial charge in [-0.2, -0.15) is 0 Å². The molecule has 0 saturated carbocycles. The van der Waals surface area contributed by atoms with Gasteiger partial charge in [-0.15, -0.1) is 0 Å². The van der Waals surface area contributed by atoms with Crippen molar-refractivity contribution < 1.29 is 9.90 Å².